The van der Waals surface area contributed by atoms with E-state index < -0.39 is 24.4 Å². The Labute approximate surface area is 136 Å². The summed E-state index contributed by atoms with van der Waals surface area (Å²) < 4.78 is 37.5. The molecule has 24 heavy (non-hydrogen) atoms. The lowest BCUT2D eigenvalue weighted by Gasteiger charge is -2.20. The molecule has 0 N–H and O–H groups in total. The molecule has 0 aliphatic heterocycles. The van der Waals surface area contributed by atoms with E-state index in [1.807, 2.05) is 0 Å². The number of alkyl halides is 3. The second-order valence-corrected chi connectivity index (χ2v) is 4.76. The van der Waals surface area contributed by atoms with Crippen molar-refractivity contribution in [2.24, 2.45) is 0 Å². The Balaban J connectivity index is 2.27. The molecule has 0 aliphatic carbocycles. The molecule has 3 nitrogen and oxygen atoms in total. The van der Waals surface area contributed by atoms with E-state index in [1.54, 1.807) is 48.5 Å². The fourth-order valence-corrected chi connectivity index (χ4v) is 1.84. The molecule has 0 fully saturated rings. The van der Waals surface area contributed by atoms with Crippen molar-refractivity contribution in [3.8, 4) is 11.8 Å². The SMILES string of the molecule is O=C(C#Cc1ccccc1)N(CC(=O)C(F)(F)F)c1ccccc1. The molecular weight excluding hydrogens is 319 g/mol. The van der Waals surface area contributed by atoms with Crippen LogP contribution in [0.1, 0.15) is 5.56 Å². The molecule has 2 rings (SSSR count). The Kier molecular flexibility index (Phi) is 5.38. The number of benzene rings is 2. The molecule has 0 radical (unpaired) electrons. The summed E-state index contributed by atoms with van der Waals surface area (Å²) in [6.07, 6.45) is -5.01. The zero-order valence-electron chi connectivity index (χ0n) is 12.4. The van der Waals surface area contributed by atoms with E-state index in [4.69, 9.17) is 0 Å². The van der Waals surface area contributed by atoms with Gasteiger partial charge in [0.15, 0.2) is 0 Å². The summed E-state index contributed by atoms with van der Waals surface area (Å²) in [4.78, 5) is 24.2. The second-order valence-electron chi connectivity index (χ2n) is 4.76. The number of hydrogen-bond acceptors (Lipinski definition) is 2. The lowest BCUT2D eigenvalue weighted by Crippen LogP contribution is -2.40. The predicted octanol–water partition coefficient (Wildman–Crippen LogP) is 3.20. The Morgan fingerprint density at radius 2 is 1.46 bits per heavy atom. The first-order chi connectivity index (χ1) is 11.4. The van der Waals surface area contributed by atoms with Gasteiger partial charge in [0.2, 0.25) is 0 Å². The molecule has 6 heteroatoms. The summed E-state index contributed by atoms with van der Waals surface area (Å²) in [6.45, 7) is -1.12. The number of halogens is 3. The Bertz CT molecular complexity index is 775. The van der Waals surface area contributed by atoms with Gasteiger partial charge in [0, 0.05) is 17.2 Å². The molecule has 0 aliphatic rings. The fourth-order valence-electron chi connectivity index (χ4n) is 1.84. The lowest BCUT2D eigenvalue weighted by molar-refractivity contribution is -0.169. The van der Waals surface area contributed by atoms with Gasteiger partial charge >= 0.3 is 12.1 Å². The third-order valence-electron chi connectivity index (χ3n) is 3.02. The van der Waals surface area contributed by atoms with Gasteiger partial charge in [-0.25, -0.2) is 0 Å². The van der Waals surface area contributed by atoms with Gasteiger partial charge in [0.25, 0.3) is 5.78 Å². The molecule has 0 heterocycles. The van der Waals surface area contributed by atoms with Crippen LogP contribution in [0.2, 0.25) is 0 Å². The maximum atomic E-state index is 12.5. The van der Waals surface area contributed by atoms with Crippen molar-refractivity contribution >= 4 is 17.4 Å². The number of Topliss-reactive ketones (excluding diaryl/α,β-unsaturated/α-hetero) is 1. The number of amides is 1. The fraction of sp³-hybridized carbons (Fsp3) is 0.111. The first-order valence-electron chi connectivity index (χ1n) is 6.91. The highest BCUT2D eigenvalue weighted by atomic mass is 19.4. The van der Waals surface area contributed by atoms with Gasteiger partial charge in [-0.2, -0.15) is 13.2 Å². The molecule has 2 aromatic rings. The summed E-state index contributed by atoms with van der Waals surface area (Å²) in [6, 6.07) is 16.2. The van der Waals surface area contributed by atoms with Crippen LogP contribution in [0.4, 0.5) is 18.9 Å². The third-order valence-corrected chi connectivity index (χ3v) is 3.02. The highest BCUT2D eigenvalue weighted by Gasteiger charge is 2.39. The van der Waals surface area contributed by atoms with Gasteiger partial charge in [0.05, 0.1) is 6.54 Å². The molecule has 0 atom stereocenters. The number of carbonyl (C=O) groups is 2. The molecule has 0 saturated carbocycles. The smallest absolute Gasteiger partial charge is 0.294 e. The van der Waals surface area contributed by atoms with Crippen LogP contribution in [0.15, 0.2) is 60.7 Å². The van der Waals surface area contributed by atoms with Crippen molar-refractivity contribution in [1.82, 2.24) is 0 Å². The minimum Gasteiger partial charge on any atom is -0.294 e. The molecule has 0 bridgehead atoms. The van der Waals surface area contributed by atoms with Crippen molar-refractivity contribution in [3.63, 3.8) is 0 Å². The van der Waals surface area contributed by atoms with Gasteiger partial charge in [-0.1, -0.05) is 42.3 Å². The maximum absolute atomic E-state index is 12.5. The number of nitrogens with zero attached hydrogens (tertiary/aromatic N) is 1. The highest BCUT2D eigenvalue weighted by molar-refractivity contribution is 6.09. The molecule has 0 spiro atoms. The van der Waals surface area contributed by atoms with Gasteiger partial charge in [0.1, 0.15) is 0 Å². The quantitative estimate of drug-likeness (QED) is 0.810. The molecular formula is C18H12F3NO2. The van der Waals surface area contributed by atoms with E-state index in [9.17, 15) is 22.8 Å². The van der Waals surface area contributed by atoms with Crippen molar-refractivity contribution in [1.29, 1.82) is 0 Å². The summed E-state index contributed by atoms with van der Waals surface area (Å²) in [7, 11) is 0. The number of ketones is 1. The second kappa shape index (κ2) is 7.47. The van der Waals surface area contributed by atoms with Crippen LogP contribution in [0.5, 0.6) is 0 Å². The van der Waals surface area contributed by atoms with Crippen molar-refractivity contribution in [2.45, 2.75) is 6.18 Å². The maximum Gasteiger partial charge on any atom is 0.451 e. The molecule has 0 aromatic heterocycles. The van der Waals surface area contributed by atoms with Crippen LogP contribution < -0.4 is 4.90 Å². The van der Waals surface area contributed by atoms with E-state index >= 15 is 0 Å². The number of hydrogen-bond donors (Lipinski definition) is 0. The van der Waals surface area contributed by atoms with Crippen LogP contribution >= 0.6 is 0 Å². The van der Waals surface area contributed by atoms with E-state index in [0.717, 1.165) is 0 Å². The number of para-hydroxylation sites is 1. The van der Waals surface area contributed by atoms with Gasteiger partial charge < -0.3 is 0 Å². The molecule has 2 aromatic carbocycles. The third kappa shape index (κ3) is 4.71. The van der Waals surface area contributed by atoms with Crippen LogP contribution in [0.3, 0.4) is 0 Å². The topological polar surface area (TPSA) is 37.4 Å². The summed E-state index contributed by atoms with van der Waals surface area (Å²) in [5.41, 5.74) is 0.712. The van der Waals surface area contributed by atoms with Gasteiger partial charge in [-0.15, -0.1) is 0 Å². The Morgan fingerprint density at radius 3 is 2.00 bits per heavy atom. The highest BCUT2D eigenvalue weighted by Crippen LogP contribution is 2.20. The molecule has 1 amide bonds. The monoisotopic (exact) mass is 331 g/mol. The number of anilines is 1. The zero-order valence-corrected chi connectivity index (χ0v) is 12.4. The van der Waals surface area contributed by atoms with E-state index in [0.29, 0.717) is 10.5 Å². The van der Waals surface area contributed by atoms with Gasteiger partial charge in [-0.3, -0.25) is 14.5 Å². The van der Waals surface area contributed by atoms with Crippen LogP contribution in [0, 0.1) is 11.8 Å². The van der Waals surface area contributed by atoms with E-state index in [-0.39, 0.29) is 5.69 Å². The average molecular weight is 331 g/mol. The van der Waals surface area contributed by atoms with Crippen molar-refractivity contribution in [3.05, 3.63) is 66.2 Å². The van der Waals surface area contributed by atoms with Crippen molar-refractivity contribution < 1.29 is 22.8 Å². The number of rotatable bonds is 3. The zero-order chi connectivity index (χ0) is 17.6. The van der Waals surface area contributed by atoms with Crippen molar-refractivity contribution in [2.75, 3.05) is 11.4 Å². The summed E-state index contributed by atoms with van der Waals surface area (Å²) >= 11 is 0. The van der Waals surface area contributed by atoms with Crippen LogP contribution in [-0.2, 0) is 9.59 Å². The minimum atomic E-state index is -5.01. The first kappa shape index (κ1) is 17.3. The molecule has 0 unspecified atom stereocenters. The number of carbonyl (C=O) groups excluding carboxylic acids is 2. The normalized spacial score (nSPS) is 10.5. The van der Waals surface area contributed by atoms with Crippen LogP contribution in [-0.4, -0.2) is 24.4 Å². The molecule has 122 valence electrons. The van der Waals surface area contributed by atoms with E-state index in [2.05, 4.69) is 11.8 Å². The summed E-state index contributed by atoms with van der Waals surface area (Å²) in [5.74, 6) is 1.95. The van der Waals surface area contributed by atoms with Crippen LogP contribution in [0.25, 0.3) is 0 Å². The largest absolute Gasteiger partial charge is 0.451 e. The summed E-state index contributed by atoms with van der Waals surface area (Å²) in [5, 5.41) is 0. The van der Waals surface area contributed by atoms with E-state index in [1.165, 1.54) is 12.1 Å². The lowest BCUT2D eigenvalue weighted by atomic mass is 10.2. The predicted molar refractivity (Wildman–Crippen MR) is 83.2 cm³/mol. The standard InChI is InChI=1S/C18H12F3NO2/c19-18(20,21)16(23)13-22(15-9-5-2-6-10-15)17(24)12-11-14-7-3-1-4-8-14/h1-10H,13H2. The average Bonchev–Trinajstić information content (AvgIpc) is 2.58. The Hall–Kier alpha value is -3.07. The van der Waals surface area contributed by atoms with Gasteiger partial charge in [-0.05, 0) is 24.3 Å². The molecule has 0 saturated heterocycles. The first-order valence-corrected chi connectivity index (χ1v) is 6.91. The minimum absolute atomic E-state index is 0.169. The Morgan fingerprint density at radius 1 is 0.917 bits per heavy atom.